The van der Waals surface area contributed by atoms with E-state index in [1.807, 2.05) is 17.9 Å². The van der Waals surface area contributed by atoms with Gasteiger partial charge in [0.05, 0.1) is 19.3 Å². The standard InChI is InChI=1S/C22H39NO4/c1-5-6-7-8-9-10-11-12-13-14-15-20-16-17-21(27-18-25-3)19(2)23(20)22(24)26-4/h5,13-14,19-21H,1,6-12,15-18H2,2-4H3/b14-13+/t19-,20+,21-/m1/s1. The summed E-state index contributed by atoms with van der Waals surface area (Å²) in [4.78, 5) is 14.1. The molecule has 1 rings (SSSR count). The van der Waals surface area contributed by atoms with E-state index < -0.39 is 0 Å². The summed E-state index contributed by atoms with van der Waals surface area (Å²) in [5.74, 6) is 0. The predicted octanol–water partition coefficient (Wildman–Crippen LogP) is 5.46. The van der Waals surface area contributed by atoms with Gasteiger partial charge >= 0.3 is 6.09 Å². The first-order valence-corrected chi connectivity index (χ1v) is 10.4. The van der Waals surface area contributed by atoms with E-state index >= 15 is 0 Å². The summed E-state index contributed by atoms with van der Waals surface area (Å²) < 4.78 is 15.7. The zero-order chi connectivity index (χ0) is 19.9. The molecule has 0 N–H and O–H groups in total. The highest BCUT2D eigenvalue weighted by Crippen LogP contribution is 2.28. The molecule has 5 heteroatoms. The Labute approximate surface area is 165 Å². The smallest absolute Gasteiger partial charge is 0.410 e. The van der Waals surface area contributed by atoms with Crippen molar-refractivity contribution in [1.82, 2.24) is 4.90 Å². The fraction of sp³-hybridized carbons (Fsp3) is 0.773. The van der Waals surface area contributed by atoms with Gasteiger partial charge in [-0.05, 0) is 51.9 Å². The molecule has 0 spiro atoms. The molecule has 1 amide bonds. The molecule has 3 atom stereocenters. The third-order valence-electron chi connectivity index (χ3n) is 5.29. The summed E-state index contributed by atoms with van der Waals surface area (Å²) in [7, 11) is 3.05. The zero-order valence-corrected chi connectivity index (χ0v) is 17.5. The predicted molar refractivity (Wildman–Crippen MR) is 110 cm³/mol. The molecule has 0 aromatic carbocycles. The minimum Gasteiger partial charge on any atom is -0.453 e. The van der Waals surface area contributed by atoms with Gasteiger partial charge in [0.15, 0.2) is 0 Å². The first kappa shape index (κ1) is 23.7. The quantitative estimate of drug-likeness (QED) is 0.241. The van der Waals surface area contributed by atoms with Crippen LogP contribution in [0, 0.1) is 0 Å². The number of ether oxygens (including phenoxy) is 3. The molecule has 1 aliphatic heterocycles. The van der Waals surface area contributed by atoms with Gasteiger partial charge in [-0.3, -0.25) is 4.90 Å². The fourth-order valence-corrected chi connectivity index (χ4v) is 3.73. The third-order valence-corrected chi connectivity index (χ3v) is 5.29. The maximum Gasteiger partial charge on any atom is 0.410 e. The Bertz CT molecular complexity index is 438. The number of unbranched alkanes of at least 4 members (excludes halogenated alkanes) is 6. The maximum atomic E-state index is 12.3. The normalized spacial score (nSPS) is 22.9. The van der Waals surface area contributed by atoms with Crippen molar-refractivity contribution < 1.29 is 19.0 Å². The van der Waals surface area contributed by atoms with Crippen molar-refractivity contribution in [3.05, 3.63) is 24.8 Å². The van der Waals surface area contributed by atoms with Crippen molar-refractivity contribution in [1.29, 1.82) is 0 Å². The molecule has 0 unspecified atom stereocenters. The van der Waals surface area contributed by atoms with Crippen LogP contribution in [0.2, 0.25) is 0 Å². The SMILES string of the molecule is C=CCCCCCCC/C=C/C[C@H]1CC[C@@H](OCOC)[C@@H](C)N1C(=O)OC. The number of rotatable bonds is 13. The first-order valence-electron chi connectivity index (χ1n) is 10.4. The van der Waals surface area contributed by atoms with E-state index in [9.17, 15) is 4.79 Å². The molecule has 0 radical (unpaired) electrons. The van der Waals surface area contributed by atoms with Crippen molar-refractivity contribution in [2.24, 2.45) is 0 Å². The van der Waals surface area contributed by atoms with Gasteiger partial charge in [0.1, 0.15) is 6.79 Å². The average Bonchev–Trinajstić information content (AvgIpc) is 2.68. The van der Waals surface area contributed by atoms with Crippen LogP contribution >= 0.6 is 0 Å². The molecule has 0 aromatic rings. The van der Waals surface area contributed by atoms with Gasteiger partial charge < -0.3 is 14.2 Å². The van der Waals surface area contributed by atoms with Gasteiger partial charge in [-0.25, -0.2) is 4.79 Å². The number of likely N-dealkylation sites (tertiary alicyclic amines) is 1. The number of carbonyl (C=O) groups excluding carboxylic acids is 1. The molecule has 0 aliphatic carbocycles. The number of carbonyl (C=O) groups is 1. The highest BCUT2D eigenvalue weighted by Gasteiger charge is 2.38. The molecule has 5 nitrogen and oxygen atoms in total. The Morgan fingerprint density at radius 1 is 1.07 bits per heavy atom. The van der Waals surface area contributed by atoms with Crippen molar-refractivity contribution in [3.8, 4) is 0 Å². The molecular weight excluding hydrogens is 342 g/mol. The summed E-state index contributed by atoms with van der Waals surface area (Å²) >= 11 is 0. The van der Waals surface area contributed by atoms with Gasteiger partial charge in [0.2, 0.25) is 0 Å². The molecule has 27 heavy (non-hydrogen) atoms. The third kappa shape index (κ3) is 8.93. The molecule has 1 heterocycles. The highest BCUT2D eigenvalue weighted by molar-refractivity contribution is 5.68. The maximum absolute atomic E-state index is 12.3. The van der Waals surface area contributed by atoms with E-state index in [0.717, 1.165) is 32.1 Å². The minimum atomic E-state index is -0.272. The van der Waals surface area contributed by atoms with E-state index in [2.05, 4.69) is 18.7 Å². The minimum absolute atomic E-state index is 0.00892. The topological polar surface area (TPSA) is 48.0 Å². The van der Waals surface area contributed by atoms with E-state index in [0.29, 0.717) is 0 Å². The lowest BCUT2D eigenvalue weighted by Crippen LogP contribution is -2.55. The van der Waals surface area contributed by atoms with Gasteiger partial charge in [-0.1, -0.05) is 37.5 Å². The van der Waals surface area contributed by atoms with Crippen molar-refractivity contribution in [2.45, 2.75) is 89.3 Å². The summed E-state index contributed by atoms with van der Waals surface area (Å²) in [5.41, 5.74) is 0. The number of hydrogen-bond acceptors (Lipinski definition) is 4. The van der Waals surface area contributed by atoms with Crippen molar-refractivity contribution >= 4 is 6.09 Å². The number of hydrogen-bond donors (Lipinski definition) is 0. The molecular formula is C22H39NO4. The number of allylic oxidation sites excluding steroid dienone is 2. The molecule has 1 aliphatic rings. The summed E-state index contributed by atoms with van der Waals surface area (Å²) in [6.07, 6.45) is 17.6. The zero-order valence-electron chi connectivity index (χ0n) is 17.5. The molecule has 0 saturated carbocycles. The Kier molecular flexibility index (Phi) is 12.9. The second kappa shape index (κ2) is 14.7. The van der Waals surface area contributed by atoms with Crippen LogP contribution in [0.3, 0.4) is 0 Å². The monoisotopic (exact) mass is 381 g/mol. The van der Waals surface area contributed by atoms with Gasteiger partial charge in [-0.2, -0.15) is 0 Å². The lowest BCUT2D eigenvalue weighted by molar-refractivity contribution is -0.115. The number of methoxy groups -OCH3 is 2. The first-order chi connectivity index (χ1) is 13.2. The summed E-state index contributed by atoms with van der Waals surface area (Å²) in [6.45, 7) is 6.04. The van der Waals surface area contributed by atoms with Crippen molar-refractivity contribution in [3.63, 3.8) is 0 Å². The summed E-state index contributed by atoms with van der Waals surface area (Å²) in [6, 6.07) is 0.153. The fourth-order valence-electron chi connectivity index (χ4n) is 3.73. The second-order valence-electron chi connectivity index (χ2n) is 7.30. The second-order valence-corrected chi connectivity index (χ2v) is 7.30. The van der Waals surface area contributed by atoms with Crippen LogP contribution in [-0.4, -0.2) is 50.2 Å². The van der Waals surface area contributed by atoms with Crippen LogP contribution in [0.4, 0.5) is 4.79 Å². The van der Waals surface area contributed by atoms with Gasteiger partial charge in [0, 0.05) is 13.2 Å². The van der Waals surface area contributed by atoms with E-state index in [-0.39, 0.29) is 31.1 Å². The number of piperidine rings is 1. The van der Waals surface area contributed by atoms with Crippen LogP contribution in [0.15, 0.2) is 24.8 Å². The molecule has 0 bridgehead atoms. The van der Waals surface area contributed by atoms with Crippen LogP contribution < -0.4 is 0 Å². The lowest BCUT2D eigenvalue weighted by Gasteiger charge is -2.43. The van der Waals surface area contributed by atoms with E-state index in [4.69, 9.17) is 14.2 Å². The molecule has 156 valence electrons. The van der Waals surface area contributed by atoms with E-state index in [1.54, 1.807) is 7.11 Å². The molecule has 1 fully saturated rings. The Morgan fingerprint density at radius 2 is 1.78 bits per heavy atom. The number of amides is 1. The lowest BCUT2D eigenvalue weighted by atomic mass is 9.92. The highest BCUT2D eigenvalue weighted by atomic mass is 16.7. The van der Waals surface area contributed by atoms with Gasteiger partial charge in [-0.15, -0.1) is 6.58 Å². The summed E-state index contributed by atoms with van der Waals surface area (Å²) in [5, 5.41) is 0. The van der Waals surface area contributed by atoms with Crippen LogP contribution in [-0.2, 0) is 14.2 Å². The Hall–Kier alpha value is -1.33. The van der Waals surface area contributed by atoms with Gasteiger partial charge in [0.25, 0.3) is 0 Å². The van der Waals surface area contributed by atoms with E-state index in [1.165, 1.54) is 39.2 Å². The largest absolute Gasteiger partial charge is 0.453 e. The van der Waals surface area contributed by atoms with Crippen molar-refractivity contribution in [2.75, 3.05) is 21.0 Å². The number of nitrogens with zero attached hydrogens (tertiary/aromatic N) is 1. The van der Waals surface area contributed by atoms with Crippen LogP contribution in [0.5, 0.6) is 0 Å². The molecule has 0 aromatic heterocycles. The Balaban J connectivity index is 2.36. The Morgan fingerprint density at radius 3 is 2.44 bits per heavy atom. The van der Waals surface area contributed by atoms with Crippen LogP contribution in [0.25, 0.3) is 0 Å². The molecule has 1 saturated heterocycles. The van der Waals surface area contributed by atoms with Crippen LogP contribution in [0.1, 0.15) is 71.1 Å². The average molecular weight is 382 g/mol.